The highest BCUT2D eigenvalue weighted by molar-refractivity contribution is 5.95. The van der Waals surface area contributed by atoms with E-state index in [0.29, 0.717) is 30.3 Å². The second-order valence-corrected chi connectivity index (χ2v) is 6.12. The molecule has 2 aliphatic rings. The lowest BCUT2D eigenvalue weighted by Crippen LogP contribution is -2.47. The Morgan fingerprint density at radius 3 is 2.80 bits per heavy atom. The Bertz CT molecular complexity index is 682. The zero-order valence-corrected chi connectivity index (χ0v) is 14.1. The van der Waals surface area contributed by atoms with Crippen LogP contribution in [0.2, 0.25) is 0 Å². The van der Waals surface area contributed by atoms with Crippen molar-refractivity contribution in [3.05, 3.63) is 36.1 Å². The third-order valence-electron chi connectivity index (χ3n) is 4.42. The molecule has 0 aliphatic carbocycles. The summed E-state index contributed by atoms with van der Waals surface area (Å²) in [7, 11) is 1.55. The summed E-state index contributed by atoms with van der Waals surface area (Å²) in [5.41, 5.74) is 5.53. The first-order valence-corrected chi connectivity index (χ1v) is 8.31. The lowest BCUT2D eigenvalue weighted by molar-refractivity contribution is -0.135. The number of rotatable bonds is 7. The number of primary amides is 1. The Labute approximate surface area is 146 Å². The van der Waals surface area contributed by atoms with Gasteiger partial charge in [0.15, 0.2) is 11.5 Å². The van der Waals surface area contributed by atoms with E-state index in [1.165, 1.54) is 11.0 Å². The van der Waals surface area contributed by atoms with Crippen LogP contribution >= 0.6 is 0 Å². The van der Waals surface area contributed by atoms with Crippen LogP contribution in [0.5, 0.6) is 11.5 Å². The van der Waals surface area contributed by atoms with Crippen molar-refractivity contribution in [3.8, 4) is 11.5 Å². The van der Waals surface area contributed by atoms with Crippen molar-refractivity contribution in [1.82, 2.24) is 4.90 Å². The number of ether oxygens (including phenoxy) is 3. The first-order chi connectivity index (χ1) is 12.1. The monoisotopic (exact) mass is 346 g/mol. The van der Waals surface area contributed by atoms with Gasteiger partial charge in [-0.1, -0.05) is 12.1 Å². The maximum absolute atomic E-state index is 12.3. The van der Waals surface area contributed by atoms with Crippen molar-refractivity contribution in [2.45, 2.75) is 31.4 Å². The molecule has 7 nitrogen and oxygen atoms in total. The average Bonchev–Trinajstić information content (AvgIpc) is 3.22. The van der Waals surface area contributed by atoms with Crippen LogP contribution in [-0.2, 0) is 14.3 Å². The van der Waals surface area contributed by atoms with E-state index < -0.39 is 11.9 Å². The number of nitrogens with zero attached hydrogens (tertiary/aromatic N) is 1. The minimum Gasteiger partial charge on any atom is -0.493 e. The number of carbonyl (C=O) groups is 2. The van der Waals surface area contributed by atoms with Gasteiger partial charge in [-0.25, -0.2) is 0 Å². The number of amides is 2. The maximum atomic E-state index is 12.3. The second-order valence-electron chi connectivity index (χ2n) is 6.12. The molecule has 0 spiro atoms. The van der Waals surface area contributed by atoms with Crippen molar-refractivity contribution in [3.63, 3.8) is 0 Å². The predicted octanol–water partition coefficient (Wildman–Crippen LogP) is 1.22. The molecular weight excluding hydrogens is 324 g/mol. The Morgan fingerprint density at radius 1 is 1.40 bits per heavy atom. The summed E-state index contributed by atoms with van der Waals surface area (Å²) in [6.45, 7) is 0.877. The van der Waals surface area contributed by atoms with Gasteiger partial charge in [-0.2, -0.15) is 0 Å². The quantitative estimate of drug-likeness (QED) is 0.802. The van der Waals surface area contributed by atoms with Gasteiger partial charge >= 0.3 is 0 Å². The van der Waals surface area contributed by atoms with E-state index in [0.717, 1.165) is 12.8 Å². The van der Waals surface area contributed by atoms with Crippen LogP contribution in [0.15, 0.2) is 36.1 Å². The van der Waals surface area contributed by atoms with Gasteiger partial charge in [-0.3, -0.25) is 9.59 Å². The van der Waals surface area contributed by atoms with Crippen LogP contribution in [-0.4, -0.2) is 49.1 Å². The molecule has 1 saturated heterocycles. The van der Waals surface area contributed by atoms with E-state index in [2.05, 4.69) is 0 Å². The molecule has 1 aromatic carbocycles. The topological polar surface area (TPSA) is 91.1 Å². The first-order valence-electron chi connectivity index (χ1n) is 8.31. The summed E-state index contributed by atoms with van der Waals surface area (Å²) in [6, 6.07) is 6.47. The summed E-state index contributed by atoms with van der Waals surface area (Å²) < 4.78 is 16.6. The van der Waals surface area contributed by atoms with Crippen LogP contribution in [0, 0.1) is 0 Å². The predicted molar refractivity (Wildman–Crippen MR) is 90.0 cm³/mol. The molecule has 2 amide bonds. The highest BCUT2D eigenvalue weighted by Gasteiger charge is 2.35. The molecule has 134 valence electrons. The number of methoxy groups -OCH3 is 1. The zero-order chi connectivity index (χ0) is 17.8. The van der Waals surface area contributed by atoms with E-state index in [1.54, 1.807) is 19.2 Å². The number of hydrogen-bond acceptors (Lipinski definition) is 5. The fourth-order valence-electron chi connectivity index (χ4n) is 3.16. The van der Waals surface area contributed by atoms with Gasteiger partial charge in [0.05, 0.1) is 19.8 Å². The first kappa shape index (κ1) is 17.3. The van der Waals surface area contributed by atoms with Crippen LogP contribution in [0.3, 0.4) is 0 Å². The molecule has 1 fully saturated rings. The normalized spacial score (nSPS) is 21.2. The van der Waals surface area contributed by atoms with Crippen LogP contribution in [0.1, 0.15) is 19.3 Å². The van der Waals surface area contributed by atoms with E-state index in [9.17, 15) is 9.59 Å². The number of hydrogen-bond donors (Lipinski definition) is 1. The fraction of sp³-hybridized carbons (Fsp3) is 0.444. The van der Waals surface area contributed by atoms with Gasteiger partial charge in [-0.15, -0.1) is 0 Å². The van der Waals surface area contributed by atoms with E-state index >= 15 is 0 Å². The molecule has 0 radical (unpaired) electrons. The molecule has 3 rings (SSSR count). The average molecular weight is 346 g/mol. The van der Waals surface area contributed by atoms with Gasteiger partial charge in [0.1, 0.15) is 11.8 Å². The summed E-state index contributed by atoms with van der Waals surface area (Å²) in [5.74, 6) is 0.719. The summed E-state index contributed by atoms with van der Waals surface area (Å²) >= 11 is 0. The number of carbonyl (C=O) groups excluding carboxylic acids is 2. The Balaban J connectivity index is 1.69. The molecule has 0 saturated carbocycles. The molecule has 2 N–H and O–H groups in total. The minimum atomic E-state index is -0.703. The lowest BCUT2D eigenvalue weighted by atomic mass is 10.1. The van der Waals surface area contributed by atoms with E-state index in [1.807, 2.05) is 12.1 Å². The number of benzene rings is 1. The zero-order valence-electron chi connectivity index (χ0n) is 14.1. The van der Waals surface area contributed by atoms with Crippen molar-refractivity contribution in [1.29, 1.82) is 0 Å². The van der Waals surface area contributed by atoms with Gasteiger partial charge in [0, 0.05) is 19.1 Å². The van der Waals surface area contributed by atoms with Crippen molar-refractivity contribution >= 4 is 11.8 Å². The Morgan fingerprint density at radius 2 is 2.16 bits per heavy atom. The van der Waals surface area contributed by atoms with Crippen LogP contribution < -0.4 is 15.2 Å². The summed E-state index contributed by atoms with van der Waals surface area (Å²) in [4.78, 5) is 25.7. The Kier molecular flexibility index (Phi) is 5.23. The van der Waals surface area contributed by atoms with E-state index in [4.69, 9.17) is 19.9 Å². The number of para-hydroxylation sites is 2. The second kappa shape index (κ2) is 7.57. The van der Waals surface area contributed by atoms with Crippen molar-refractivity contribution < 1.29 is 23.8 Å². The highest BCUT2D eigenvalue weighted by atomic mass is 16.5. The molecule has 2 unspecified atom stereocenters. The SMILES string of the molecule is COc1ccccc1OC1=CC(=O)N(C(CC2CCCO2)C(N)=O)C1. The fourth-order valence-corrected chi connectivity index (χ4v) is 3.16. The van der Waals surface area contributed by atoms with Gasteiger partial charge < -0.3 is 24.8 Å². The number of nitrogens with two attached hydrogens (primary N) is 1. The van der Waals surface area contributed by atoms with Gasteiger partial charge in [0.2, 0.25) is 5.91 Å². The van der Waals surface area contributed by atoms with Crippen molar-refractivity contribution in [2.24, 2.45) is 5.73 Å². The van der Waals surface area contributed by atoms with Gasteiger partial charge in [-0.05, 0) is 25.0 Å². The van der Waals surface area contributed by atoms with Gasteiger partial charge in [0.25, 0.3) is 5.91 Å². The summed E-state index contributed by atoms with van der Waals surface area (Å²) in [6.07, 6.45) is 3.60. The van der Waals surface area contributed by atoms with Crippen LogP contribution in [0.4, 0.5) is 0 Å². The van der Waals surface area contributed by atoms with Crippen molar-refractivity contribution in [2.75, 3.05) is 20.3 Å². The molecule has 0 bridgehead atoms. The molecule has 25 heavy (non-hydrogen) atoms. The molecule has 0 aromatic heterocycles. The molecule has 2 atom stereocenters. The standard InChI is InChI=1S/C18H22N2O5/c1-23-15-6-2-3-7-16(15)25-13-10-17(21)20(11-13)14(18(19)22)9-12-5-4-8-24-12/h2-3,6-7,10,12,14H,4-5,8-9,11H2,1H3,(H2,19,22). The molecule has 2 heterocycles. The Hall–Kier alpha value is -2.54. The summed E-state index contributed by atoms with van der Waals surface area (Å²) in [5, 5.41) is 0. The largest absolute Gasteiger partial charge is 0.493 e. The molecule has 1 aromatic rings. The molecule has 2 aliphatic heterocycles. The third-order valence-corrected chi connectivity index (χ3v) is 4.42. The molecule has 7 heteroatoms. The maximum Gasteiger partial charge on any atom is 0.251 e. The minimum absolute atomic E-state index is 0.0375. The smallest absolute Gasteiger partial charge is 0.251 e. The third kappa shape index (κ3) is 3.93. The van der Waals surface area contributed by atoms with E-state index in [-0.39, 0.29) is 18.6 Å². The van der Waals surface area contributed by atoms with Crippen LogP contribution in [0.25, 0.3) is 0 Å². The molecular formula is C18H22N2O5. The lowest BCUT2D eigenvalue weighted by Gasteiger charge is -2.27. The highest BCUT2D eigenvalue weighted by Crippen LogP contribution is 2.30.